The van der Waals surface area contributed by atoms with E-state index >= 15 is 0 Å². The molecule has 0 aliphatic rings. The van der Waals surface area contributed by atoms with Crippen LogP contribution in [0, 0.1) is 6.92 Å². The van der Waals surface area contributed by atoms with E-state index in [1.807, 2.05) is 24.3 Å². The van der Waals surface area contributed by atoms with Crippen LogP contribution in [-0.2, 0) is 0 Å². The van der Waals surface area contributed by atoms with Crippen molar-refractivity contribution in [3.63, 3.8) is 0 Å². The highest BCUT2D eigenvalue weighted by Crippen LogP contribution is 2.14. The molecule has 1 radical (unpaired) electrons. The Kier molecular flexibility index (Phi) is 1.59. The summed E-state index contributed by atoms with van der Waals surface area (Å²) in [4.78, 5) is 4.10. The van der Waals surface area contributed by atoms with Gasteiger partial charge < -0.3 is 9.67 Å². The van der Waals surface area contributed by atoms with Crippen molar-refractivity contribution < 1.29 is 5.11 Å². The van der Waals surface area contributed by atoms with Crippen molar-refractivity contribution in [2.75, 3.05) is 0 Å². The van der Waals surface area contributed by atoms with Gasteiger partial charge in [0.1, 0.15) is 6.23 Å². The second kappa shape index (κ2) is 2.60. The van der Waals surface area contributed by atoms with E-state index in [0.29, 0.717) is 0 Å². The summed E-state index contributed by atoms with van der Waals surface area (Å²) in [5.74, 6) is 0. The van der Waals surface area contributed by atoms with E-state index in [4.69, 9.17) is 0 Å². The number of imidazole rings is 1. The van der Waals surface area contributed by atoms with Gasteiger partial charge in [-0.15, -0.1) is 0 Å². The summed E-state index contributed by atoms with van der Waals surface area (Å²) in [5.41, 5.74) is 1.78. The predicted octanol–water partition coefficient (Wildman–Crippen LogP) is 1.36. The summed E-state index contributed by atoms with van der Waals surface area (Å²) >= 11 is 0. The number of para-hydroxylation sites is 2. The first-order valence-electron chi connectivity index (χ1n) is 3.72. The van der Waals surface area contributed by atoms with Crippen molar-refractivity contribution in [2.24, 2.45) is 0 Å². The molecule has 1 N–H and O–H groups in total. The smallest absolute Gasteiger partial charge is 0.132 e. The molecule has 0 saturated carbocycles. The van der Waals surface area contributed by atoms with Gasteiger partial charge in [-0.3, -0.25) is 0 Å². The lowest BCUT2D eigenvalue weighted by Crippen LogP contribution is -2.01. The van der Waals surface area contributed by atoms with Crippen LogP contribution in [0.25, 0.3) is 11.0 Å². The molecule has 0 aliphatic carbocycles. The summed E-state index contributed by atoms with van der Waals surface area (Å²) in [5, 5.41) is 9.22. The van der Waals surface area contributed by atoms with Gasteiger partial charge in [-0.2, -0.15) is 0 Å². The van der Waals surface area contributed by atoms with Gasteiger partial charge in [0.05, 0.1) is 17.4 Å². The van der Waals surface area contributed by atoms with Gasteiger partial charge >= 0.3 is 0 Å². The number of hydrogen-bond acceptors (Lipinski definition) is 2. The van der Waals surface area contributed by atoms with E-state index in [1.165, 1.54) is 0 Å². The fourth-order valence-corrected chi connectivity index (χ4v) is 1.22. The molecule has 0 spiro atoms. The molecular formula is C9H9N2O. The number of rotatable bonds is 1. The molecular weight excluding hydrogens is 152 g/mol. The molecule has 3 nitrogen and oxygen atoms in total. The third-order valence-electron chi connectivity index (χ3n) is 1.80. The molecule has 3 heteroatoms. The van der Waals surface area contributed by atoms with E-state index < -0.39 is 6.23 Å². The van der Waals surface area contributed by atoms with Crippen molar-refractivity contribution in [3.8, 4) is 0 Å². The molecule has 0 fully saturated rings. The predicted molar refractivity (Wildman–Crippen MR) is 46.3 cm³/mol. The minimum absolute atomic E-state index is 0.766. The minimum Gasteiger partial charge on any atom is -0.373 e. The highest BCUT2D eigenvalue weighted by atomic mass is 16.3. The third-order valence-corrected chi connectivity index (χ3v) is 1.80. The maximum atomic E-state index is 9.22. The molecule has 1 aromatic heterocycles. The van der Waals surface area contributed by atoms with Gasteiger partial charge in [-0.1, -0.05) is 12.1 Å². The van der Waals surface area contributed by atoms with Crippen LogP contribution in [-0.4, -0.2) is 14.7 Å². The Hall–Kier alpha value is -1.35. The van der Waals surface area contributed by atoms with E-state index in [0.717, 1.165) is 11.0 Å². The van der Waals surface area contributed by atoms with Crippen molar-refractivity contribution in [3.05, 3.63) is 37.5 Å². The normalized spacial score (nSPS) is 13.5. The zero-order valence-corrected chi connectivity index (χ0v) is 6.51. The standard InChI is InChI=1S/C9H9N2O/c1-7(12)11-6-10-8-4-2-3-5-9(8)11/h2-7,12H,1H2. The first-order chi connectivity index (χ1) is 5.79. The average Bonchev–Trinajstić information content (AvgIpc) is 2.47. The molecule has 1 atom stereocenters. The van der Waals surface area contributed by atoms with Crippen LogP contribution in [0.4, 0.5) is 0 Å². The molecule has 0 saturated heterocycles. The van der Waals surface area contributed by atoms with Crippen LogP contribution in [0.2, 0.25) is 0 Å². The number of aliphatic hydroxyl groups is 1. The van der Waals surface area contributed by atoms with Crippen molar-refractivity contribution in [1.82, 2.24) is 9.55 Å². The third kappa shape index (κ3) is 0.987. The number of hydrogen-bond donors (Lipinski definition) is 1. The number of aromatic nitrogens is 2. The molecule has 1 unspecified atom stereocenters. The minimum atomic E-state index is -0.766. The summed E-state index contributed by atoms with van der Waals surface area (Å²) in [6.07, 6.45) is 0.819. The van der Waals surface area contributed by atoms with Crippen LogP contribution < -0.4 is 0 Å². The zero-order valence-electron chi connectivity index (χ0n) is 6.51. The number of fused-ring (bicyclic) bond motifs is 1. The Morgan fingerprint density at radius 3 is 2.92 bits per heavy atom. The van der Waals surface area contributed by atoms with Gasteiger partial charge in [0.2, 0.25) is 0 Å². The van der Waals surface area contributed by atoms with Crippen LogP contribution in [0.5, 0.6) is 0 Å². The molecule has 12 heavy (non-hydrogen) atoms. The lowest BCUT2D eigenvalue weighted by atomic mass is 10.3. The maximum Gasteiger partial charge on any atom is 0.132 e. The highest BCUT2D eigenvalue weighted by molar-refractivity contribution is 5.75. The Labute approximate surface area is 70.3 Å². The monoisotopic (exact) mass is 161 g/mol. The van der Waals surface area contributed by atoms with Gasteiger partial charge in [-0.05, 0) is 19.1 Å². The average molecular weight is 161 g/mol. The Morgan fingerprint density at radius 2 is 2.17 bits per heavy atom. The molecule has 1 heterocycles. The van der Waals surface area contributed by atoms with E-state index in [-0.39, 0.29) is 0 Å². The fourth-order valence-electron chi connectivity index (χ4n) is 1.22. The number of benzene rings is 1. The summed E-state index contributed by atoms with van der Waals surface area (Å²) in [6.45, 7) is 3.51. The van der Waals surface area contributed by atoms with Crippen molar-refractivity contribution in [2.45, 2.75) is 6.23 Å². The van der Waals surface area contributed by atoms with E-state index in [2.05, 4.69) is 11.9 Å². The van der Waals surface area contributed by atoms with Crippen molar-refractivity contribution in [1.29, 1.82) is 0 Å². The van der Waals surface area contributed by atoms with Gasteiger partial charge in [0.25, 0.3) is 0 Å². The molecule has 1 aromatic carbocycles. The number of nitrogens with zero attached hydrogens (tertiary/aromatic N) is 2. The Morgan fingerprint density at radius 1 is 1.42 bits per heavy atom. The molecule has 0 amide bonds. The zero-order chi connectivity index (χ0) is 8.55. The topological polar surface area (TPSA) is 38.0 Å². The van der Waals surface area contributed by atoms with Crippen LogP contribution in [0.3, 0.4) is 0 Å². The van der Waals surface area contributed by atoms with Crippen LogP contribution in [0.15, 0.2) is 30.6 Å². The summed E-state index contributed by atoms with van der Waals surface area (Å²) < 4.78 is 1.62. The van der Waals surface area contributed by atoms with Gasteiger partial charge in [0.15, 0.2) is 0 Å². The molecule has 0 aliphatic heterocycles. The first kappa shape index (κ1) is 7.31. The molecule has 2 aromatic rings. The molecule has 61 valence electrons. The van der Waals surface area contributed by atoms with Gasteiger partial charge in [-0.25, -0.2) is 4.98 Å². The quantitative estimate of drug-likeness (QED) is 0.685. The first-order valence-corrected chi connectivity index (χ1v) is 3.72. The highest BCUT2D eigenvalue weighted by Gasteiger charge is 2.03. The van der Waals surface area contributed by atoms with E-state index in [1.54, 1.807) is 10.9 Å². The largest absolute Gasteiger partial charge is 0.373 e. The van der Waals surface area contributed by atoms with E-state index in [9.17, 15) is 5.11 Å². The lowest BCUT2D eigenvalue weighted by Gasteiger charge is -2.05. The second-order valence-electron chi connectivity index (χ2n) is 2.62. The summed E-state index contributed by atoms with van der Waals surface area (Å²) in [6, 6.07) is 7.61. The molecule has 0 bridgehead atoms. The SMILES string of the molecule is [CH2]C(O)n1cnc2ccccc21. The number of aliphatic hydroxyl groups excluding tert-OH is 1. The Balaban J connectivity index is 2.70. The van der Waals surface area contributed by atoms with Gasteiger partial charge in [0, 0.05) is 0 Å². The van der Waals surface area contributed by atoms with Crippen LogP contribution >= 0.6 is 0 Å². The fraction of sp³-hybridized carbons (Fsp3) is 0.111. The lowest BCUT2D eigenvalue weighted by molar-refractivity contribution is 0.156. The molecule has 2 rings (SSSR count). The maximum absolute atomic E-state index is 9.22. The Bertz CT molecular complexity index is 392. The second-order valence-corrected chi connectivity index (χ2v) is 2.62. The summed E-state index contributed by atoms with van der Waals surface area (Å²) in [7, 11) is 0. The van der Waals surface area contributed by atoms with Crippen LogP contribution in [0.1, 0.15) is 6.23 Å². The van der Waals surface area contributed by atoms with Crippen molar-refractivity contribution >= 4 is 11.0 Å².